The van der Waals surface area contributed by atoms with E-state index in [2.05, 4.69) is 15.5 Å². The molecule has 0 aliphatic rings. The Hall–Kier alpha value is -2.54. The van der Waals surface area contributed by atoms with E-state index in [1.54, 1.807) is 0 Å². The Morgan fingerprint density at radius 2 is 2.05 bits per heavy atom. The zero-order valence-electron chi connectivity index (χ0n) is 11.7. The van der Waals surface area contributed by atoms with E-state index in [0.29, 0.717) is 11.6 Å². The molecule has 3 rings (SSSR count). The SMILES string of the molecule is Cc1ccsc1-c1nnc(CC(=O)Nc2ccc(F)cc2)o1. The Bertz CT molecular complexity index is 795. The summed E-state index contributed by atoms with van der Waals surface area (Å²) in [6.45, 7) is 1.96. The highest BCUT2D eigenvalue weighted by molar-refractivity contribution is 7.13. The lowest BCUT2D eigenvalue weighted by atomic mass is 10.3. The third kappa shape index (κ3) is 3.20. The minimum atomic E-state index is -0.356. The summed E-state index contributed by atoms with van der Waals surface area (Å²) in [5, 5.41) is 12.4. The standard InChI is InChI=1S/C15H12FN3O2S/c1-9-6-7-22-14(9)15-19-18-13(21-15)8-12(20)17-11-4-2-10(16)3-5-11/h2-7H,8H2,1H3,(H,17,20). The second kappa shape index (κ2) is 6.07. The molecule has 112 valence electrons. The van der Waals surface area contributed by atoms with Crippen LogP contribution >= 0.6 is 11.3 Å². The van der Waals surface area contributed by atoms with Crippen LogP contribution < -0.4 is 5.32 Å². The van der Waals surface area contributed by atoms with Crippen LogP contribution in [0.2, 0.25) is 0 Å². The third-order valence-electron chi connectivity index (χ3n) is 2.96. The Kier molecular flexibility index (Phi) is 3.97. The van der Waals surface area contributed by atoms with Crippen LogP contribution in [0.25, 0.3) is 10.8 Å². The van der Waals surface area contributed by atoms with Gasteiger partial charge in [0.05, 0.1) is 4.88 Å². The van der Waals surface area contributed by atoms with Gasteiger partial charge in [-0.2, -0.15) is 0 Å². The monoisotopic (exact) mass is 317 g/mol. The number of nitrogens with zero attached hydrogens (tertiary/aromatic N) is 2. The maximum Gasteiger partial charge on any atom is 0.258 e. The lowest BCUT2D eigenvalue weighted by Gasteiger charge is -2.02. The van der Waals surface area contributed by atoms with Crippen molar-refractivity contribution in [3.8, 4) is 10.8 Å². The van der Waals surface area contributed by atoms with Crippen molar-refractivity contribution >= 4 is 22.9 Å². The normalized spacial score (nSPS) is 10.6. The molecule has 5 nitrogen and oxygen atoms in total. The average Bonchev–Trinajstić information content (AvgIpc) is 3.10. The van der Waals surface area contributed by atoms with Crippen molar-refractivity contribution in [3.05, 3.63) is 53.0 Å². The van der Waals surface area contributed by atoms with E-state index in [1.165, 1.54) is 35.6 Å². The smallest absolute Gasteiger partial charge is 0.258 e. The van der Waals surface area contributed by atoms with Crippen LogP contribution in [0.3, 0.4) is 0 Å². The molecule has 7 heteroatoms. The van der Waals surface area contributed by atoms with Gasteiger partial charge in [-0.15, -0.1) is 21.5 Å². The van der Waals surface area contributed by atoms with Crippen molar-refractivity contribution in [3.63, 3.8) is 0 Å². The Morgan fingerprint density at radius 3 is 2.73 bits per heavy atom. The first kappa shape index (κ1) is 14.4. The molecule has 1 N–H and O–H groups in total. The number of carbonyl (C=O) groups excluding carboxylic acids is 1. The number of amides is 1. The summed E-state index contributed by atoms with van der Waals surface area (Å²) in [5.74, 6) is -0.00457. The lowest BCUT2D eigenvalue weighted by Crippen LogP contribution is -2.14. The summed E-state index contributed by atoms with van der Waals surface area (Å²) in [6, 6.07) is 7.49. The van der Waals surface area contributed by atoms with E-state index in [4.69, 9.17) is 4.42 Å². The van der Waals surface area contributed by atoms with Crippen LogP contribution in [0.5, 0.6) is 0 Å². The minimum absolute atomic E-state index is 0.0329. The number of anilines is 1. The molecular formula is C15H12FN3O2S. The largest absolute Gasteiger partial charge is 0.419 e. The second-order valence-electron chi connectivity index (χ2n) is 4.67. The topological polar surface area (TPSA) is 68.0 Å². The number of nitrogens with one attached hydrogen (secondary N) is 1. The molecule has 0 radical (unpaired) electrons. The Balaban J connectivity index is 1.66. The van der Waals surface area contributed by atoms with E-state index < -0.39 is 0 Å². The van der Waals surface area contributed by atoms with Crippen LogP contribution in [-0.2, 0) is 11.2 Å². The van der Waals surface area contributed by atoms with E-state index in [9.17, 15) is 9.18 Å². The van der Waals surface area contributed by atoms with Crippen molar-refractivity contribution < 1.29 is 13.6 Å². The second-order valence-corrected chi connectivity index (χ2v) is 5.58. The Labute approximate surface area is 129 Å². The van der Waals surface area contributed by atoms with Crippen molar-refractivity contribution in [1.29, 1.82) is 0 Å². The molecule has 0 aliphatic heterocycles. The van der Waals surface area contributed by atoms with Crippen LogP contribution in [0, 0.1) is 12.7 Å². The summed E-state index contributed by atoms with van der Waals surface area (Å²) >= 11 is 1.51. The number of hydrogen-bond acceptors (Lipinski definition) is 5. The molecule has 22 heavy (non-hydrogen) atoms. The van der Waals surface area contributed by atoms with Gasteiger partial charge in [-0.25, -0.2) is 4.39 Å². The minimum Gasteiger partial charge on any atom is -0.419 e. The van der Waals surface area contributed by atoms with Crippen molar-refractivity contribution in [1.82, 2.24) is 10.2 Å². The molecule has 1 aromatic carbocycles. The number of aromatic nitrogens is 2. The first-order chi connectivity index (χ1) is 10.6. The Morgan fingerprint density at radius 1 is 1.27 bits per heavy atom. The molecule has 0 atom stereocenters. The molecule has 3 aromatic rings. The number of carbonyl (C=O) groups is 1. The predicted molar refractivity (Wildman–Crippen MR) is 81.1 cm³/mol. The van der Waals surface area contributed by atoms with Gasteiger partial charge in [0, 0.05) is 5.69 Å². The number of aryl methyl sites for hydroxylation is 1. The van der Waals surface area contributed by atoms with Gasteiger partial charge < -0.3 is 9.73 Å². The number of rotatable bonds is 4. The number of thiophene rings is 1. The van der Waals surface area contributed by atoms with E-state index >= 15 is 0 Å². The van der Waals surface area contributed by atoms with Gasteiger partial charge in [-0.3, -0.25) is 4.79 Å². The highest BCUT2D eigenvalue weighted by Gasteiger charge is 2.14. The molecular weight excluding hydrogens is 305 g/mol. The fourth-order valence-electron chi connectivity index (χ4n) is 1.88. The van der Waals surface area contributed by atoms with Crippen LogP contribution in [-0.4, -0.2) is 16.1 Å². The predicted octanol–water partition coefficient (Wildman–Crippen LogP) is 3.43. The number of benzene rings is 1. The van der Waals surface area contributed by atoms with E-state index in [-0.39, 0.29) is 24.0 Å². The molecule has 0 bridgehead atoms. The zero-order chi connectivity index (χ0) is 15.5. The number of halogens is 1. The summed E-state index contributed by atoms with van der Waals surface area (Å²) in [5.41, 5.74) is 1.57. The quantitative estimate of drug-likeness (QED) is 0.800. The maximum absolute atomic E-state index is 12.8. The molecule has 0 saturated heterocycles. The number of hydrogen-bond donors (Lipinski definition) is 1. The molecule has 0 fully saturated rings. The van der Waals surface area contributed by atoms with Crippen LogP contribution in [0.15, 0.2) is 40.1 Å². The third-order valence-corrected chi connectivity index (χ3v) is 3.97. The van der Waals surface area contributed by atoms with Gasteiger partial charge in [0.1, 0.15) is 12.2 Å². The van der Waals surface area contributed by atoms with E-state index in [0.717, 1.165) is 10.4 Å². The molecule has 0 unspecified atom stereocenters. The van der Waals surface area contributed by atoms with Gasteiger partial charge in [-0.1, -0.05) is 0 Å². The van der Waals surface area contributed by atoms with Gasteiger partial charge in [0.25, 0.3) is 5.89 Å². The molecule has 0 aliphatic carbocycles. The van der Waals surface area contributed by atoms with Gasteiger partial charge in [-0.05, 0) is 48.2 Å². The fraction of sp³-hybridized carbons (Fsp3) is 0.133. The van der Waals surface area contributed by atoms with Crippen molar-refractivity contribution in [2.75, 3.05) is 5.32 Å². The molecule has 0 saturated carbocycles. The van der Waals surface area contributed by atoms with Crippen molar-refractivity contribution in [2.24, 2.45) is 0 Å². The van der Waals surface area contributed by atoms with Gasteiger partial charge in [0.2, 0.25) is 11.8 Å². The lowest BCUT2D eigenvalue weighted by molar-refractivity contribution is -0.115. The summed E-state index contributed by atoms with van der Waals surface area (Å²) in [7, 11) is 0. The maximum atomic E-state index is 12.8. The zero-order valence-corrected chi connectivity index (χ0v) is 12.5. The first-order valence-electron chi connectivity index (χ1n) is 6.54. The molecule has 2 heterocycles. The molecule has 0 spiro atoms. The molecule has 2 aromatic heterocycles. The van der Waals surface area contributed by atoms with Crippen molar-refractivity contribution in [2.45, 2.75) is 13.3 Å². The highest BCUT2D eigenvalue weighted by Crippen LogP contribution is 2.27. The fourth-order valence-corrected chi connectivity index (χ4v) is 2.73. The van der Waals surface area contributed by atoms with Crippen LogP contribution in [0.4, 0.5) is 10.1 Å². The highest BCUT2D eigenvalue weighted by atomic mass is 32.1. The average molecular weight is 317 g/mol. The summed E-state index contributed by atoms with van der Waals surface area (Å²) in [6.07, 6.45) is -0.0329. The molecule has 1 amide bonds. The van der Waals surface area contributed by atoms with Gasteiger partial charge >= 0.3 is 0 Å². The van der Waals surface area contributed by atoms with Crippen LogP contribution in [0.1, 0.15) is 11.5 Å². The van der Waals surface area contributed by atoms with Gasteiger partial charge in [0.15, 0.2) is 0 Å². The summed E-state index contributed by atoms with van der Waals surface area (Å²) < 4.78 is 18.3. The van der Waals surface area contributed by atoms with E-state index in [1.807, 2.05) is 18.4 Å². The first-order valence-corrected chi connectivity index (χ1v) is 7.42. The summed E-state index contributed by atoms with van der Waals surface area (Å²) in [4.78, 5) is 12.8.